The van der Waals surface area contributed by atoms with Crippen molar-refractivity contribution in [2.75, 3.05) is 19.0 Å². The van der Waals surface area contributed by atoms with Crippen molar-refractivity contribution in [3.8, 4) is 5.75 Å². The molecule has 1 N–H and O–H groups in total. The van der Waals surface area contributed by atoms with Crippen molar-refractivity contribution >= 4 is 11.6 Å². The molecule has 14 heavy (non-hydrogen) atoms. The van der Waals surface area contributed by atoms with Gasteiger partial charge >= 0.3 is 5.91 Å². The molecule has 0 radical (unpaired) electrons. The molecule has 0 fully saturated rings. The average molecular weight is 190 g/mol. The molecular formula is C10H10N2O2. The molecule has 0 spiro atoms. The predicted molar refractivity (Wildman–Crippen MR) is 53.1 cm³/mol. The van der Waals surface area contributed by atoms with E-state index in [1.165, 1.54) is 7.11 Å². The van der Waals surface area contributed by atoms with Crippen LogP contribution >= 0.6 is 0 Å². The number of carbonyl (C=O) groups is 1. The van der Waals surface area contributed by atoms with Crippen LogP contribution in [0, 0.1) is 6.57 Å². The van der Waals surface area contributed by atoms with Crippen LogP contribution in [0.1, 0.15) is 0 Å². The summed E-state index contributed by atoms with van der Waals surface area (Å²) in [5.74, 6) is 0.260. The van der Waals surface area contributed by atoms with Gasteiger partial charge in [0.05, 0.1) is 12.8 Å². The molecule has 0 saturated carbocycles. The van der Waals surface area contributed by atoms with E-state index in [0.29, 0.717) is 11.4 Å². The highest BCUT2D eigenvalue weighted by Gasteiger charge is 2.07. The summed E-state index contributed by atoms with van der Waals surface area (Å²) in [7, 11) is 1.53. The van der Waals surface area contributed by atoms with E-state index in [-0.39, 0.29) is 12.5 Å². The molecule has 72 valence electrons. The Hall–Kier alpha value is -2.02. The van der Waals surface area contributed by atoms with Crippen LogP contribution in [-0.2, 0) is 4.79 Å². The molecular weight excluding hydrogens is 180 g/mol. The lowest BCUT2D eigenvalue weighted by Crippen LogP contribution is -2.14. The SMILES string of the molecule is [C-]#[N+]CC(=O)Nc1ccccc1OC. The lowest BCUT2D eigenvalue weighted by molar-refractivity contribution is -0.114. The van der Waals surface area contributed by atoms with Gasteiger partial charge in [-0.05, 0) is 12.1 Å². The normalized spacial score (nSPS) is 8.86. The van der Waals surface area contributed by atoms with E-state index in [0.717, 1.165) is 0 Å². The lowest BCUT2D eigenvalue weighted by atomic mass is 10.3. The third-order valence-corrected chi connectivity index (χ3v) is 1.60. The fourth-order valence-electron chi connectivity index (χ4n) is 1.01. The molecule has 0 aliphatic rings. The smallest absolute Gasteiger partial charge is 0.304 e. The van der Waals surface area contributed by atoms with Crippen LogP contribution in [0.4, 0.5) is 5.69 Å². The van der Waals surface area contributed by atoms with Crippen molar-refractivity contribution in [1.29, 1.82) is 0 Å². The zero-order valence-electron chi connectivity index (χ0n) is 7.78. The second-order valence-electron chi connectivity index (χ2n) is 2.56. The summed E-state index contributed by atoms with van der Waals surface area (Å²) in [5, 5.41) is 2.58. The van der Waals surface area contributed by atoms with Crippen molar-refractivity contribution < 1.29 is 9.53 Å². The van der Waals surface area contributed by atoms with Gasteiger partial charge in [-0.15, -0.1) is 0 Å². The minimum absolute atomic E-state index is 0.169. The standard InChI is InChI=1S/C10H10N2O2/c1-11-7-10(13)12-8-5-3-4-6-9(8)14-2/h3-6H,7H2,2H3,(H,12,13). The van der Waals surface area contributed by atoms with Crippen molar-refractivity contribution in [1.82, 2.24) is 0 Å². The van der Waals surface area contributed by atoms with E-state index >= 15 is 0 Å². The highest BCUT2D eigenvalue weighted by atomic mass is 16.5. The lowest BCUT2D eigenvalue weighted by Gasteiger charge is -2.07. The second kappa shape index (κ2) is 4.87. The number of hydrogen-bond acceptors (Lipinski definition) is 2. The van der Waals surface area contributed by atoms with E-state index in [1.807, 2.05) is 6.07 Å². The minimum Gasteiger partial charge on any atom is -0.495 e. The molecule has 1 aromatic carbocycles. The number of carbonyl (C=O) groups excluding carboxylic acids is 1. The Balaban J connectivity index is 2.76. The number of para-hydroxylation sites is 2. The van der Waals surface area contributed by atoms with Crippen molar-refractivity contribution in [2.24, 2.45) is 0 Å². The van der Waals surface area contributed by atoms with Crippen molar-refractivity contribution in [3.63, 3.8) is 0 Å². The first-order chi connectivity index (χ1) is 6.77. The fraction of sp³-hybridized carbons (Fsp3) is 0.200. The number of benzene rings is 1. The van der Waals surface area contributed by atoms with E-state index < -0.39 is 0 Å². The molecule has 0 aromatic heterocycles. The average Bonchev–Trinajstić information content (AvgIpc) is 2.19. The third-order valence-electron chi connectivity index (χ3n) is 1.60. The van der Waals surface area contributed by atoms with Gasteiger partial charge in [-0.1, -0.05) is 12.1 Å². The quantitative estimate of drug-likeness (QED) is 0.735. The van der Waals surface area contributed by atoms with E-state index in [1.54, 1.807) is 18.2 Å². The van der Waals surface area contributed by atoms with Gasteiger partial charge in [0.15, 0.2) is 0 Å². The van der Waals surface area contributed by atoms with Gasteiger partial charge in [0.1, 0.15) is 5.75 Å². The molecule has 4 nitrogen and oxygen atoms in total. The van der Waals surface area contributed by atoms with Crippen LogP contribution in [0.3, 0.4) is 0 Å². The minimum atomic E-state index is -0.329. The molecule has 0 heterocycles. The number of hydrogen-bond donors (Lipinski definition) is 1. The van der Waals surface area contributed by atoms with Gasteiger partial charge in [-0.2, -0.15) is 0 Å². The van der Waals surface area contributed by atoms with Gasteiger partial charge in [0.2, 0.25) is 0 Å². The largest absolute Gasteiger partial charge is 0.495 e. The van der Waals surface area contributed by atoms with Crippen LogP contribution < -0.4 is 10.1 Å². The second-order valence-corrected chi connectivity index (χ2v) is 2.56. The molecule has 0 unspecified atom stereocenters. The molecule has 1 amide bonds. The van der Waals surface area contributed by atoms with Crippen molar-refractivity contribution in [3.05, 3.63) is 35.7 Å². The Morgan fingerprint density at radius 2 is 2.29 bits per heavy atom. The molecule has 0 saturated heterocycles. The predicted octanol–water partition coefficient (Wildman–Crippen LogP) is 1.55. The zero-order chi connectivity index (χ0) is 10.4. The maximum Gasteiger partial charge on any atom is 0.304 e. The molecule has 1 rings (SSSR count). The van der Waals surface area contributed by atoms with Crippen LogP contribution in [0.25, 0.3) is 4.85 Å². The first kappa shape index (κ1) is 10.1. The summed E-state index contributed by atoms with van der Waals surface area (Å²) in [6.07, 6.45) is 0. The van der Waals surface area contributed by atoms with Crippen molar-refractivity contribution in [2.45, 2.75) is 0 Å². The molecule has 4 heteroatoms. The number of amides is 1. The highest BCUT2D eigenvalue weighted by molar-refractivity contribution is 5.94. The van der Waals surface area contributed by atoms with Gasteiger partial charge < -0.3 is 14.9 Å². The summed E-state index contributed by atoms with van der Waals surface area (Å²) >= 11 is 0. The topological polar surface area (TPSA) is 42.7 Å². The third kappa shape index (κ3) is 2.49. The number of anilines is 1. The molecule has 0 bridgehead atoms. The van der Waals surface area contributed by atoms with Crippen LogP contribution in [-0.4, -0.2) is 19.6 Å². The Morgan fingerprint density at radius 1 is 1.57 bits per heavy atom. The van der Waals surface area contributed by atoms with Gasteiger partial charge in [0.25, 0.3) is 6.54 Å². The first-order valence-corrected chi connectivity index (χ1v) is 4.04. The van der Waals surface area contributed by atoms with E-state index in [4.69, 9.17) is 11.3 Å². The number of ether oxygens (including phenoxy) is 1. The van der Waals surface area contributed by atoms with Gasteiger partial charge in [-0.25, -0.2) is 6.57 Å². The van der Waals surface area contributed by atoms with Gasteiger partial charge in [0, 0.05) is 0 Å². The van der Waals surface area contributed by atoms with Gasteiger partial charge in [-0.3, -0.25) is 4.79 Å². The number of rotatable bonds is 3. The first-order valence-electron chi connectivity index (χ1n) is 4.04. The Labute approximate surface area is 82.3 Å². The zero-order valence-corrected chi connectivity index (χ0v) is 7.78. The summed E-state index contributed by atoms with van der Waals surface area (Å²) in [4.78, 5) is 14.1. The molecule has 0 aliphatic carbocycles. The highest BCUT2D eigenvalue weighted by Crippen LogP contribution is 2.22. The molecule has 1 aromatic rings. The number of nitrogens with one attached hydrogen (secondary N) is 1. The van der Waals surface area contributed by atoms with Crippen LogP contribution in [0.15, 0.2) is 24.3 Å². The Morgan fingerprint density at radius 3 is 2.93 bits per heavy atom. The summed E-state index contributed by atoms with van der Waals surface area (Å²) < 4.78 is 5.03. The maximum absolute atomic E-state index is 11.1. The van der Waals surface area contributed by atoms with E-state index in [2.05, 4.69) is 10.2 Å². The maximum atomic E-state index is 11.1. The summed E-state index contributed by atoms with van der Waals surface area (Å²) in [6, 6.07) is 7.06. The molecule has 0 aliphatic heterocycles. The van der Waals surface area contributed by atoms with E-state index in [9.17, 15) is 4.79 Å². The molecule has 0 atom stereocenters. The Bertz CT molecular complexity index is 369. The fourth-order valence-corrected chi connectivity index (χ4v) is 1.01. The summed E-state index contributed by atoms with van der Waals surface area (Å²) in [5.41, 5.74) is 0.587. The van der Waals surface area contributed by atoms with Crippen LogP contribution in [0.2, 0.25) is 0 Å². The van der Waals surface area contributed by atoms with Crippen LogP contribution in [0.5, 0.6) is 5.75 Å². The summed E-state index contributed by atoms with van der Waals surface area (Å²) in [6.45, 7) is 6.36. The number of nitrogens with zero attached hydrogens (tertiary/aromatic N) is 1. The monoisotopic (exact) mass is 190 g/mol. The Kier molecular flexibility index (Phi) is 3.50. The number of methoxy groups -OCH3 is 1.